The monoisotopic (exact) mass is 239 g/mol. The van der Waals surface area contributed by atoms with Gasteiger partial charge in [0, 0.05) is 44.1 Å². The minimum Gasteiger partial charge on any atom is -0.347 e. The van der Waals surface area contributed by atoms with Gasteiger partial charge in [-0.3, -0.25) is 0 Å². The lowest BCUT2D eigenvalue weighted by Gasteiger charge is -2.06. The molecule has 0 aliphatic heterocycles. The first-order valence-electron chi connectivity index (χ1n) is 6.26. The fourth-order valence-electron chi connectivity index (χ4n) is 2.35. The van der Waals surface area contributed by atoms with Crippen LogP contribution in [0, 0.1) is 6.92 Å². The van der Waals surface area contributed by atoms with E-state index in [-0.39, 0.29) is 0 Å². The standard InChI is InChI=1S/C15H17N3/c1-12-3-4-13-5-8-18(14(13)11-12)9-6-15-16-7-10-17(15)2/h3-5,7-8,10-11H,6,9H2,1-2H3. The maximum atomic E-state index is 4.36. The number of aromatic nitrogens is 3. The third-order valence-corrected chi connectivity index (χ3v) is 3.43. The summed E-state index contributed by atoms with van der Waals surface area (Å²) in [5.41, 5.74) is 2.61. The largest absolute Gasteiger partial charge is 0.347 e. The van der Waals surface area contributed by atoms with Gasteiger partial charge in [0.1, 0.15) is 5.82 Å². The molecule has 3 rings (SSSR count). The van der Waals surface area contributed by atoms with Gasteiger partial charge >= 0.3 is 0 Å². The summed E-state index contributed by atoms with van der Waals surface area (Å²) in [6.07, 6.45) is 6.97. The van der Waals surface area contributed by atoms with Crippen LogP contribution >= 0.6 is 0 Å². The van der Waals surface area contributed by atoms with Gasteiger partial charge in [-0.05, 0) is 30.0 Å². The molecule has 0 fully saturated rings. The van der Waals surface area contributed by atoms with Gasteiger partial charge in [0.2, 0.25) is 0 Å². The molecule has 0 aliphatic rings. The topological polar surface area (TPSA) is 22.8 Å². The van der Waals surface area contributed by atoms with Crippen molar-refractivity contribution in [1.29, 1.82) is 0 Å². The quantitative estimate of drug-likeness (QED) is 0.689. The third-order valence-electron chi connectivity index (χ3n) is 3.43. The Morgan fingerprint density at radius 1 is 1.17 bits per heavy atom. The first-order valence-corrected chi connectivity index (χ1v) is 6.26. The number of imidazole rings is 1. The molecule has 92 valence electrons. The van der Waals surface area contributed by atoms with Gasteiger partial charge in [-0.25, -0.2) is 4.98 Å². The summed E-state index contributed by atoms with van der Waals surface area (Å²) in [6.45, 7) is 3.10. The normalized spacial score (nSPS) is 11.2. The van der Waals surface area contributed by atoms with Crippen LogP contribution in [0.1, 0.15) is 11.4 Å². The SMILES string of the molecule is Cc1ccc2ccn(CCc3nccn3C)c2c1. The van der Waals surface area contributed by atoms with Crippen molar-refractivity contribution in [3.8, 4) is 0 Å². The molecule has 3 nitrogen and oxygen atoms in total. The summed E-state index contributed by atoms with van der Waals surface area (Å²) in [5, 5.41) is 1.31. The average molecular weight is 239 g/mol. The van der Waals surface area contributed by atoms with E-state index in [0.717, 1.165) is 18.8 Å². The molecule has 0 radical (unpaired) electrons. The van der Waals surface area contributed by atoms with Crippen LogP contribution in [0.3, 0.4) is 0 Å². The lowest BCUT2D eigenvalue weighted by Crippen LogP contribution is -2.04. The molecule has 0 amide bonds. The lowest BCUT2D eigenvalue weighted by molar-refractivity contribution is 0.668. The van der Waals surface area contributed by atoms with Crippen molar-refractivity contribution in [2.45, 2.75) is 19.9 Å². The van der Waals surface area contributed by atoms with Crippen LogP contribution in [0.5, 0.6) is 0 Å². The lowest BCUT2D eigenvalue weighted by atomic mass is 10.2. The maximum absolute atomic E-state index is 4.36. The number of hydrogen-bond acceptors (Lipinski definition) is 1. The van der Waals surface area contributed by atoms with Crippen LogP contribution in [0.15, 0.2) is 42.9 Å². The summed E-state index contributed by atoms with van der Waals surface area (Å²) in [5.74, 6) is 1.13. The predicted octanol–water partition coefficient (Wildman–Crippen LogP) is 2.93. The molecule has 0 spiro atoms. The molecule has 0 N–H and O–H groups in total. The Hall–Kier alpha value is -2.03. The molecule has 0 saturated carbocycles. The second kappa shape index (κ2) is 4.33. The van der Waals surface area contributed by atoms with Gasteiger partial charge < -0.3 is 9.13 Å². The van der Waals surface area contributed by atoms with Gasteiger partial charge in [0.15, 0.2) is 0 Å². The number of fused-ring (bicyclic) bond motifs is 1. The first kappa shape index (κ1) is 11.1. The number of aryl methyl sites for hydroxylation is 4. The van der Waals surface area contributed by atoms with Crippen molar-refractivity contribution in [2.24, 2.45) is 7.05 Å². The second-order valence-corrected chi connectivity index (χ2v) is 4.78. The summed E-state index contributed by atoms with van der Waals surface area (Å²) in [6, 6.07) is 8.76. The van der Waals surface area contributed by atoms with Crippen LogP contribution in [0.4, 0.5) is 0 Å². The van der Waals surface area contributed by atoms with E-state index in [1.54, 1.807) is 0 Å². The molecule has 3 heteroatoms. The molecule has 0 saturated heterocycles. The molecular formula is C15H17N3. The van der Waals surface area contributed by atoms with Gasteiger partial charge in [-0.15, -0.1) is 0 Å². The maximum Gasteiger partial charge on any atom is 0.110 e. The highest BCUT2D eigenvalue weighted by atomic mass is 15.0. The molecule has 2 aromatic heterocycles. The van der Waals surface area contributed by atoms with Crippen LogP contribution in [-0.4, -0.2) is 14.1 Å². The molecule has 2 heterocycles. The van der Waals surface area contributed by atoms with Crippen molar-refractivity contribution < 1.29 is 0 Å². The Balaban J connectivity index is 1.87. The zero-order chi connectivity index (χ0) is 12.5. The highest BCUT2D eigenvalue weighted by molar-refractivity contribution is 5.80. The van der Waals surface area contributed by atoms with Crippen LogP contribution < -0.4 is 0 Å². The Morgan fingerprint density at radius 2 is 2.06 bits per heavy atom. The number of rotatable bonds is 3. The van der Waals surface area contributed by atoms with Gasteiger partial charge in [0.05, 0.1) is 0 Å². The zero-order valence-electron chi connectivity index (χ0n) is 10.8. The van der Waals surface area contributed by atoms with E-state index in [1.165, 1.54) is 16.5 Å². The molecule has 0 atom stereocenters. The van der Waals surface area contributed by atoms with Crippen molar-refractivity contribution in [3.63, 3.8) is 0 Å². The van der Waals surface area contributed by atoms with Crippen molar-refractivity contribution >= 4 is 10.9 Å². The summed E-state index contributed by atoms with van der Waals surface area (Å²) < 4.78 is 4.38. The Labute approximate surface area is 107 Å². The van der Waals surface area contributed by atoms with Crippen LogP contribution in [-0.2, 0) is 20.0 Å². The van der Waals surface area contributed by atoms with Crippen molar-refractivity contribution in [3.05, 3.63) is 54.2 Å². The fraction of sp³-hybridized carbons (Fsp3) is 0.267. The molecule has 0 unspecified atom stereocenters. The van der Waals surface area contributed by atoms with Crippen molar-refractivity contribution in [1.82, 2.24) is 14.1 Å². The summed E-state index contributed by atoms with van der Waals surface area (Å²) in [7, 11) is 2.04. The van der Waals surface area contributed by atoms with Gasteiger partial charge in [0.25, 0.3) is 0 Å². The molecule has 3 aromatic rings. The molecule has 18 heavy (non-hydrogen) atoms. The second-order valence-electron chi connectivity index (χ2n) is 4.78. The van der Waals surface area contributed by atoms with E-state index < -0.39 is 0 Å². The predicted molar refractivity (Wildman–Crippen MR) is 73.6 cm³/mol. The molecule has 0 bridgehead atoms. The van der Waals surface area contributed by atoms with E-state index in [2.05, 4.69) is 51.5 Å². The van der Waals surface area contributed by atoms with E-state index in [9.17, 15) is 0 Å². The average Bonchev–Trinajstić information content (AvgIpc) is 2.93. The Kier molecular flexibility index (Phi) is 2.67. The van der Waals surface area contributed by atoms with E-state index in [4.69, 9.17) is 0 Å². The fourth-order valence-corrected chi connectivity index (χ4v) is 2.35. The number of hydrogen-bond donors (Lipinski definition) is 0. The highest BCUT2D eigenvalue weighted by Gasteiger charge is 2.03. The van der Waals surface area contributed by atoms with E-state index in [1.807, 2.05) is 19.4 Å². The third kappa shape index (κ3) is 1.92. The van der Waals surface area contributed by atoms with Gasteiger partial charge in [-0.2, -0.15) is 0 Å². The number of nitrogens with zero attached hydrogens (tertiary/aromatic N) is 3. The smallest absolute Gasteiger partial charge is 0.110 e. The van der Waals surface area contributed by atoms with Crippen LogP contribution in [0.25, 0.3) is 10.9 Å². The molecular weight excluding hydrogens is 222 g/mol. The van der Waals surface area contributed by atoms with E-state index >= 15 is 0 Å². The Bertz CT molecular complexity index is 676. The minimum atomic E-state index is 0.960. The molecule has 1 aromatic carbocycles. The first-order chi connectivity index (χ1) is 8.74. The number of benzene rings is 1. The highest BCUT2D eigenvalue weighted by Crippen LogP contribution is 2.17. The minimum absolute atomic E-state index is 0.960. The zero-order valence-corrected chi connectivity index (χ0v) is 10.8. The Morgan fingerprint density at radius 3 is 2.83 bits per heavy atom. The molecule has 0 aliphatic carbocycles. The van der Waals surface area contributed by atoms with E-state index in [0.29, 0.717) is 0 Å². The summed E-state index contributed by atoms with van der Waals surface area (Å²) in [4.78, 5) is 4.36. The van der Waals surface area contributed by atoms with Crippen LogP contribution in [0.2, 0.25) is 0 Å². The van der Waals surface area contributed by atoms with Gasteiger partial charge in [-0.1, -0.05) is 12.1 Å². The van der Waals surface area contributed by atoms with Crippen molar-refractivity contribution in [2.75, 3.05) is 0 Å². The summed E-state index contributed by atoms with van der Waals surface area (Å²) >= 11 is 0.